The largest absolute Gasteiger partial charge is 0.358 e. The molecular weight excluding hydrogens is 188 g/mol. The summed E-state index contributed by atoms with van der Waals surface area (Å²) in [7, 11) is 4.25. The predicted octanol–water partition coefficient (Wildman–Crippen LogP) is 1.58. The van der Waals surface area contributed by atoms with Gasteiger partial charge in [0.2, 0.25) is 0 Å². The molecule has 2 unspecified atom stereocenters. The summed E-state index contributed by atoms with van der Waals surface area (Å²) in [5, 5.41) is 7.07. The molecule has 4 nitrogen and oxygen atoms in total. The van der Waals surface area contributed by atoms with E-state index in [2.05, 4.69) is 54.0 Å². The number of likely N-dealkylation sites (N-methyl/N-ethyl adjacent to an activating group) is 1. The number of hydrogen-bond donors (Lipinski definition) is 1. The maximum absolute atomic E-state index is 4.02. The first-order valence-electron chi connectivity index (χ1n) is 5.23. The van der Waals surface area contributed by atoms with Gasteiger partial charge in [-0.2, -0.15) is 5.10 Å². The summed E-state index contributed by atoms with van der Waals surface area (Å²) in [5.74, 6) is 0. The van der Waals surface area contributed by atoms with Crippen LogP contribution in [0.5, 0.6) is 0 Å². The zero-order valence-corrected chi connectivity index (χ0v) is 9.73. The third-order valence-electron chi connectivity index (χ3n) is 3.23. The van der Waals surface area contributed by atoms with Crippen molar-refractivity contribution in [3.63, 3.8) is 0 Å². The summed E-state index contributed by atoms with van der Waals surface area (Å²) < 4.78 is 0. The molecule has 2 rings (SSSR count). The highest BCUT2D eigenvalue weighted by Crippen LogP contribution is 2.30. The SMILES string of the molecule is CC1=CC(C)N(C)C(c2ccn[nH]2)N1C. The Bertz CT molecular complexity index is 355. The van der Waals surface area contributed by atoms with E-state index >= 15 is 0 Å². The Kier molecular flexibility index (Phi) is 2.52. The highest BCUT2D eigenvalue weighted by molar-refractivity contribution is 5.15. The zero-order valence-electron chi connectivity index (χ0n) is 9.73. The molecule has 82 valence electrons. The molecule has 0 fully saturated rings. The molecule has 0 aromatic carbocycles. The van der Waals surface area contributed by atoms with Gasteiger partial charge >= 0.3 is 0 Å². The molecule has 1 aromatic rings. The smallest absolute Gasteiger partial charge is 0.125 e. The summed E-state index contributed by atoms with van der Waals surface area (Å²) in [4.78, 5) is 4.58. The summed E-state index contributed by atoms with van der Waals surface area (Å²) in [6.07, 6.45) is 4.33. The van der Waals surface area contributed by atoms with Gasteiger partial charge in [0.1, 0.15) is 6.17 Å². The fourth-order valence-corrected chi connectivity index (χ4v) is 2.11. The number of aromatic amines is 1. The van der Waals surface area contributed by atoms with Crippen molar-refractivity contribution in [2.24, 2.45) is 0 Å². The van der Waals surface area contributed by atoms with Crippen LogP contribution in [0.15, 0.2) is 24.0 Å². The minimum Gasteiger partial charge on any atom is -0.358 e. The lowest BCUT2D eigenvalue weighted by Crippen LogP contribution is -2.44. The van der Waals surface area contributed by atoms with E-state index in [1.165, 1.54) is 5.70 Å². The molecule has 0 radical (unpaired) electrons. The first kappa shape index (κ1) is 10.2. The van der Waals surface area contributed by atoms with E-state index in [1.54, 1.807) is 6.20 Å². The van der Waals surface area contributed by atoms with Crippen molar-refractivity contribution in [3.8, 4) is 0 Å². The molecule has 0 aliphatic carbocycles. The summed E-state index contributed by atoms with van der Waals surface area (Å²) in [5.41, 5.74) is 2.44. The topological polar surface area (TPSA) is 35.2 Å². The van der Waals surface area contributed by atoms with Crippen molar-refractivity contribution in [1.29, 1.82) is 0 Å². The van der Waals surface area contributed by atoms with Crippen LogP contribution in [0.25, 0.3) is 0 Å². The Morgan fingerprint density at radius 3 is 2.73 bits per heavy atom. The zero-order chi connectivity index (χ0) is 11.0. The van der Waals surface area contributed by atoms with Gasteiger partial charge in [-0.25, -0.2) is 0 Å². The van der Waals surface area contributed by atoms with Crippen LogP contribution in [0.3, 0.4) is 0 Å². The van der Waals surface area contributed by atoms with Gasteiger partial charge in [0, 0.05) is 25.0 Å². The normalized spacial score (nSPS) is 28.0. The van der Waals surface area contributed by atoms with Gasteiger partial charge in [0.15, 0.2) is 0 Å². The Hall–Kier alpha value is -1.29. The van der Waals surface area contributed by atoms with Crippen molar-refractivity contribution < 1.29 is 0 Å². The molecule has 2 heterocycles. The molecule has 1 N–H and O–H groups in total. The minimum atomic E-state index is 0.257. The van der Waals surface area contributed by atoms with Crippen LogP contribution < -0.4 is 0 Å². The standard InChI is InChI=1S/C11H18N4/c1-8-7-9(2)15(4)11(14(8)3)10-5-6-12-13-10/h5-8,11H,1-4H3,(H,12,13). The minimum absolute atomic E-state index is 0.257. The van der Waals surface area contributed by atoms with Crippen molar-refractivity contribution in [3.05, 3.63) is 29.7 Å². The molecule has 0 saturated heterocycles. The number of allylic oxidation sites excluding steroid dienone is 1. The first-order valence-corrected chi connectivity index (χ1v) is 5.23. The number of nitrogens with one attached hydrogen (secondary N) is 1. The Morgan fingerprint density at radius 1 is 1.40 bits per heavy atom. The monoisotopic (exact) mass is 206 g/mol. The number of hydrogen-bond acceptors (Lipinski definition) is 3. The molecule has 0 amide bonds. The first-order chi connectivity index (χ1) is 7.11. The molecule has 2 atom stereocenters. The van der Waals surface area contributed by atoms with Crippen molar-refractivity contribution in [2.45, 2.75) is 26.1 Å². The number of H-pyrrole nitrogens is 1. The Labute approximate surface area is 90.6 Å². The molecular formula is C11H18N4. The van der Waals surface area contributed by atoms with E-state index in [0.29, 0.717) is 6.04 Å². The highest BCUT2D eigenvalue weighted by Gasteiger charge is 2.29. The van der Waals surface area contributed by atoms with Crippen LogP contribution in [0.2, 0.25) is 0 Å². The van der Waals surface area contributed by atoms with Crippen LogP contribution in [-0.4, -0.2) is 40.1 Å². The van der Waals surface area contributed by atoms with Gasteiger partial charge in [0.25, 0.3) is 0 Å². The van der Waals surface area contributed by atoms with E-state index in [4.69, 9.17) is 0 Å². The second-order valence-electron chi connectivity index (χ2n) is 4.21. The number of aromatic nitrogens is 2. The molecule has 4 heteroatoms. The molecule has 0 spiro atoms. The Morgan fingerprint density at radius 2 is 2.13 bits per heavy atom. The molecule has 0 bridgehead atoms. The van der Waals surface area contributed by atoms with E-state index in [9.17, 15) is 0 Å². The van der Waals surface area contributed by atoms with Gasteiger partial charge in [-0.05, 0) is 33.0 Å². The maximum atomic E-state index is 4.02. The summed E-state index contributed by atoms with van der Waals surface area (Å²) in [6, 6.07) is 2.48. The highest BCUT2D eigenvalue weighted by atomic mass is 15.4. The molecule has 1 aliphatic heterocycles. The maximum Gasteiger partial charge on any atom is 0.125 e. The average molecular weight is 206 g/mol. The summed E-state index contributed by atoms with van der Waals surface area (Å²) in [6.45, 7) is 4.35. The van der Waals surface area contributed by atoms with Gasteiger partial charge in [-0.15, -0.1) is 0 Å². The van der Waals surface area contributed by atoms with Gasteiger partial charge < -0.3 is 4.90 Å². The lowest BCUT2D eigenvalue weighted by molar-refractivity contribution is 0.0696. The van der Waals surface area contributed by atoms with Gasteiger partial charge in [-0.3, -0.25) is 10.00 Å². The molecule has 1 aromatic heterocycles. The summed E-state index contributed by atoms with van der Waals surface area (Å²) >= 11 is 0. The van der Waals surface area contributed by atoms with E-state index in [-0.39, 0.29) is 6.17 Å². The molecule has 0 saturated carbocycles. The van der Waals surface area contributed by atoms with Crippen molar-refractivity contribution in [1.82, 2.24) is 20.0 Å². The van der Waals surface area contributed by atoms with E-state index in [0.717, 1.165) is 5.69 Å². The van der Waals surface area contributed by atoms with Crippen LogP contribution in [-0.2, 0) is 0 Å². The van der Waals surface area contributed by atoms with Crippen LogP contribution in [0.4, 0.5) is 0 Å². The predicted molar refractivity (Wildman–Crippen MR) is 60.1 cm³/mol. The third kappa shape index (κ3) is 1.65. The lowest BCUT2D eigenvalue weighted by atomic mass is 10.1. The quantitative estimate of drug-likeness (QED) is 0.757. The number of nitrogens with zero attached hydrogens (tertiary/aromatic N) is 3. The van der Waals surface area contributed by atoms with Gasteiger partial charge in [-0.1, -0.05) is 0 Å². The van der Waals surface area contributed by atoms with Crippen molar-refractivity contribution >= 4 is 0 Å². The molecule has 15 heavy (non-hydrogen) atoms. The van der Waals surface area contributed by atoms with E-state index in [1.807, 2.05) is 6.07 Å². The third-order valence-corrected chi connectivity index (χ3v) is 3.23. The van der Waals surface area contributed by atoms with Gasteiger partial charge in [0.05, 0.1) is 5.69 Å². The second kappa shape index (κ2) is 3.70. The second-order valence-corrected chi connectivity index (χ2v) is 4.21. The lowest BCUT2D eigenvalue weighted by Gasteiger charge is -2.43. The fourth-order valence-electron chi connectivity index (χ4n) is 2.11. The molecule has 1 aliphatic rings. The van der Waals surface area contributed by atoms with Crippen molar-refractivity contribution in [2.75, 3.05) is 14.1 Å². The van der Waals surface area contributed by atoms with Crippen LogP contribution >= 0.6 is 0 Å². The fraction of sp³-hybridized carbons (Fsp3) is 0.545. The van der Waals surface area contributed by atoms with E-state index < -0.39 is 0 Å². The van der Waals surface area contributed by atoms with Crippen LogP contribution in [0.1, 0.15) is 25.7 Å². The average Bonchev–Trinajstić information content (AvgIpc) is 2.69. The number of rotatable bonds is 1. The van der Waals surface area contributed by atoms with Crippen LogP contribution in [0, 0.1) is 0 Å². The Balaban J connectivity index is 2.35.